The van der Waals surface area contributed by atoms with Crippen LogP contribution in [0.5, 0.6) is 0 Å². The van der Waals surface area contributed by atoms with Crippen molar-refractivity contribution >= 4 is 34.2 Å². The van der Waals surface area contributed by atoms with E-state index in [4.69, 9.17) is 4.74 Å². The van der Waals surface area contributed by atoms with E-state index < -0.39 is 11.5 Å². The first-order valence-electron chi connectivity index (χ1n) is 14.7. The van der Waals surface area contributed by atoms with E-state index in [0.29, 0.717) is 57.1 Å². The Morgan fingerprint density at radius 1 is 1.15 bits per heavy atom. The number of hydrogen-bond acceptors (Lipinski definition) is 8. The first kappa shape index (κ1) is 29.3. The molecular weight excluding hydrogens is 540 g/mol. The van der Waals surface area contributed by atoms with Crippen molar-refractivity contribution < 1.29 is 19.1 Å². The molecule has 0 unspecified atom stereocenters. The Morgan fingerprint density at radius 2 is 1.95 bits per heavy atom. The lowest BCUT2D eigenvalue weighted by molar-refractivity contribution is -0.140. The minimum atomic E-state index is -0.669. The highest BCUT2D eigenvalue weighted by Crippen LogP contribution is 2.36. The Morgan fingerprint density at radius 3 is 2.71 bits per heavy atom. The lowest BCUT2D eigenvalue weighted by atomic mass is 9.75. The van der Waals surface area contributed by atoms with Crippen molar-refractivity contribution in [3.05, 3.63) is 53.1 Å². The molecule has 0 aliphatic carbocycles. The molecule has 1 aromatic carbocycles. The van der Waals surface area contributed by atoms with Crippen LogP contribution in [0.3, 0.4) is 0 Å². The highest BCUT2D eigenvalue weighted by molar-refractivity contribution is 7.15. The minimum absolute atomic E-state index is 0.0478. The molecule has 3 N–H and O–H groups in total. The van der Waals surface area contributed by atoms with Crippen molar-refractivity contribution in [3.63, 3.8) is 0 Å². The average molecular weight is 581 g/mol. The molecule has 1 aromatic heterocycles. The topological polar surface area (TPSA) is 126 Å². The molecule has 3 aliphatic rings. The largest absolute Gasteiger partial charge is 0.381 e. The van der Waals surface area contributed by atoms with Crippen LogP contribution in [0.1, 0.15) is 49.6 Å². The molecule has 3 atom stereocenters. The van der Waals surface area contributed by atoms with E-state index in [9.17, 15) is 14.4 Å². The fraction of sp³-hybridized carbons (Fsp3) is 0.567. The number of nitrogens with one attached hydrogen (secondary N) is 3. The third-order valence-electron chi connectivity index (χ3n) is 8.48. The predicted octanol–water partition coefficient (Wildman–Crippen LogP) is 2.72. The van der Waals surface area contributed by atoms with Gasteiger partial charge in [0.05, 0.1) is 12.0 Å². The van der Waals surface area contributed by atoms with Gasteiger partial charge in [0.2, 0.25) is 22.9 Å². The van der Waals surface area contributed by atoms with E-state index in [0.717, 1.165) is 29.8 Å². The number of rotatable bonds is 6. The minimum Gasteiger partial charge on any atom is -0.381 e. The number of hydrogen-bond donors (Lipinski definition) is 3. The van der Waals surface area contributed by atoms with E-state index in [1.807, 2.05) is 37.3 Å². The third kappa shape index (κ3) is 7.58. The standard InChI is InChI=1S/C30H40N6O4S/c1-2-26-34-35-29(41-26)33-25(37)20-36-15-11-23-22(19-36)10-6-7-12-30(13-16-40-17-14-30)28(39)32-24(27(38)31-23)18-21-8-4-3-5-9-21/h3-9,22-24H,2,10-20H2,1H3,(H,31,38)(H,32,39)(H,33,35,37)/b7-6+/t22-,23+,24+/m0/s1. The van der Waals surface area contributed by atoms with Gasteiger partial charge in [0.1, 0.15) is 11.0 Å². The monoisotopic (exact) mass is 580 g/mol. The summed E-state index contributed by atoms with van der Waals surface area (Å²) in [5.41, 5.74) is 0.418. The molecular formula is C30H40N6O4S. The summed E-state index contributed by atoms with van der Waals surface area (Å²) < 4.78 is 5.59. The summed E-state index contributed by atoms with van der Waals surface area (Å²) in [7, 11) is 0. The van der Waals surface area contributed by atoms with Crippen LogP contribution in [-0.4, -0.2) is 77.8 Å². The van der Waals surface area contributed by atoms with Crippen molar-refractivity contribution in [1.82, 2.24) is 25.7 Å². The van der Waals surface area contributed by atoms with Gasteiger partial charge in [-0.15, -0.1) is 10.2 Å². The fourth-order valence-electron chi connectivity index (χ4n) is 6.01. The maximum atomic E-state index is 13.7. The summed E-state index contributed by atoms with van der Waals surface area (Å²) in [5.74, 6) is -0.190. The zero-order chi connectivity index (χ0) is 28.7. The van der Waals surface area contributed by atoms with Crippen molar-refractivity contribution in [2.75, 3.05) is 38.2 Å². The van der Waals surface area contributed by atoms with Gasteiger partial charge >= 0.3 is 0 Å². The molecule has 3 aliphatic heterocycles. The number of allylic oxidation sites excluding steroid dienone is 2. The van der Waals surface area contributed by atoms with E-state index >= 15 is 0 Å². The molecule has 41 heavy (non-hydrogen) atoms. The molecule has 10 nitrogen and oxygen atoms in total. The number of carbonyl (C=O) groups excluding carboxylic acids is 3. The summed E-state index contributed by atoms with van der Waals surface area (Å²) in [4.78, 5) is 42.4. The van der Waals surface area contributed by atoms with Gasteiger partial charge in [-0.25, -0.2) is 0 Å². The van der Waals surface area contributed by atoms with Crippen LogP contribution < -0.4 is 16.0 Å². The maximum Gasteiger partial charge on any atom is 0.243 e. The van der Waals surface area contributed by atoms with Crippen molar-refractivity contribution in [2.45, 2.75) is 64.0 Å². The highest BCUT2D eigenvalue weighted by Gasteiger charge is 2.41. The van der Waals surface area contributed by atoms with Gasteiger partial charge in [-0.1, -0.05) is 60.7 Å². The molecule has 1 spiro atoms. The zero-order valence-electron chi connectivity index (χ0n) is 23.6. The summed E-state index contributed by atoms with van der Waals surface area (Å²) in [5, 5.41) is 18.8. The van der Waals surface area contributed by atoms with Gasteiger partial charge in [0.25, 0.3) is 0 Å². The first-order valence-corrected chi connectivity index (χ1v) is 15.5. The third-order valence-corrected chi connectivity index (χ3v) is 9.46. The highest BCUT2D eigenvalue weighted by atomic mass is 32.1. The van der Waals surface area contributed by atoms with E-state index in [2.05, 4.69) is 43.2 Å². The lowest BCUT2D eigenvalue weighted by Gasteiger charge is -2.40. The number of ether oxygens (including phenoxy) is 1. The number of fused-ring (bicyclic) bond motifs is 1. The lowest BCUT2D eigenvalue weighted by Crippen LogP contribution is -2.58. The van der Waals surface area contributed by atoms with Crippen LogP contribution in [0.15, 0.2) is 42.5 Å². The van der Waals surface area contributed by atoms with E-state index in [-0.39, 0.29) is 36.2 Å². The molecule has 2 saturated heterocycles. The Balaban J connectivity index is 1.30. The molecule has 3 amide bonds. The van der Waals surface area contributed by atoms with Crippen molar-refractivity contribution in [3.8, 4) is 0 Å². The number of amides is 3. The van der Waals surface area contributed by atoms with E-state index in [1.165, 1.54) is 11.3 Å². The van der Waals surface area contributed by atoms with Crippen LogP contribution in [0.4, 0.5) is 5.13 Å². The number of nitrogens with zero attached hydrogens (tertiary/aromatic N) is 3. The summed E-state index contributed by atoms with van der Waals surface area (Å²) in [6, 6.07) is 9.10. The Labute approximate surface area is 245 Å². The average Bonchev–Trinajstić information content (AvgIpc) is 3.44. The molecule has 5 rings (SSSR count). The second-order valence-corrected chi connectivity index (χ2v) is 12.4. The summed E-state index contributed by atoms with van der Waals surface area (Å²) >= 11 is 1.40. The van der Waals surface area contributed by atoms with Gasteiger partial charge in [0.15, 0.2) is 0 Å². The fourth-order valence-corrected chi connectivity index (χ4v) is 6.70. The van der Waals surface area contributed by atoms with Crippen molar-refractivity contribution in [1.29, 1.82) is 0 Å². The number of carbonyl (C=O) groups is 3. The van der Waals surface area contributed by atoms with Crippen LogP contribution >= 0.6 is 11.3 Å². The number of piperidine rings is 1. The predicted molar refractivity (Wildman–Crippen MR) is 157 cm³/mol. The number of anilines is 1. The Bertz CT molecular complexity index is 1230. The molecule has 4 heterocycles. The summed E-state index contributed by atoms with van der Waals surface area (Å²) in [6.45, 7) is 4.72. The van der Waals surface area contributed by atoms with Gasteiger partial charge in [-0.05, 0) is 50.0 Å². The van der Waals surface area contributed by atoms with Crippen LogP contribution in [-0.2, 0) is 32.0 Å². The SMILES string of the molecule is CCc1nnc(NC(=O)CN2CC[C@H]3NC(=O)[C@@H](Cc4ccccc4)NC(=O)C4(C/C=C/C[C@H]3C2)CCOCC4)s1. The van der Waals surface area contributed by atoms with Gasteiger partial charge in [-0.3, -0.25) is 24.6 Å². The quantitative estimate of drug-likeness (QED) is 0.449. The summed E-state index contributed by atoms with van der Waals surface area (Å²) in [6.07, 6.45) is 8.85. The Kier molecular flexibility index (Phi) is 9.79. The smallest absolute Gasteiger partial charge is 0.243 e. The van der Waals surface area contributed by atoms with Crippen LogP contribution in [0.25, 0.3) is 0 Å². The molecule has 0 radical (unpaired) electrons. The maximum absolute atomic E-state index is 13.7. The molecule has 2 fully saturated rings. The van der Waals surface area contributed by atoms with Gasteiger partial charge < -0.3 is 15.4 Å². The number of likely N-dealkylation sites (tertiary alicyclic amines) is 1. The molecule has 220 valence electrons. The molecule has 0 saturated carbocycles. The Hall–Kier alpha value is -3.15. The van der Waals surface area contributed by atoms with Gasteiger partial charge in [-0.2, -0.15) is 0 Å². The van der Waals surface area contributed by atoms with Crippen molar-refractivity contribution in [2.24, 2.45) is 11.3 Å². The molecule has 11 heteroatoms. The number of aromatic nitrogens is 2. The van der Waals surface area contributed by atoms with E-state index in [1.54, 1.807) is 0 Å². The second kappa shape index (κ2) is 13.7. The normalized spacial score (nSPS) is 26.1. The number of aryl methyl sites for hydroxylation is 1. The van der Waals surface area contributed by atoms with Crippen LogP contribution in [0.2, 0.25) is 0 Å². The first-order chi connectivity index (χ1) is 19.9. The molecule has 2 aromatic rings. The van der Waals surface area contributed by atoms with Gasteiger partial charge in [0, 0.05) is 38.8 Å². The number of benzene rings is 1. The zero-order valence-corrected chi connectivity index (χ0v) is 24.5. The second-order valence-electron chi connectivity index (χ2n) is 11.3. The molecule has 0 bridgehead atoms. The van der Waals surface area contributed by atoms with Crippen LogP contribution in [0, 0.1) is 11.3 Å².